The molecule has 1 aliphatic carbocycles. The summed E-state index contributed by atoms with van der Waals surface area (Å²) < 4.78 is 0. The largest absolute Gasteiger partial charge is 0.409 e. The fourth-order valence-corrected chi connectivity index (χ4v) is 2.73. The van der Waals surface area contributed by atoms with Crippen LogP contribution in [0.3, 0.4) is 0 Å². The first-order valence-corrected chi connectivity index (χ1v) is 6.76. The van der Waals surface area contributed by atoms with E-state index >= 15 is 0 Å². The molecule has 1 fully saturated rings. The smallest absolute Gasteiger partial charge is 0.140 e. The van der Waals surface area contributed by atoms with E-state index in [-0.39, 0.29) is 0 Å². The van der Waals surface area contributed by atoms with Crippen LogP contribution in [0.5, 0.6) is 0 Å². The van der Waals surface area contributed by atoms with Crippen LogP contribution in [-0.4, -0.2) is 34.6 Å². The van der Waals surface area contributed by atoms with Gasteiger partial charge in [-0.05, 0) is 45.4 Å². The van der Waals surface area contributed by atoms with Crippen molar-refractivity contribution in [2.75, 3.05) is 6.54 Å². The molecule has 0 radical (unpaired) electrons. The third kappa shape index (κ3) is 4.54. The topological polar surface area (TPSA) is 61.8 Å². The summed E-state index contributed by atoms with van der Waals surface area (Å²) in [6.45, 7) is 7.69. The minimum absolute atomic E-state index is 0.333. The van der Waals surface area contributed by atoms with Gasteiger partial charge in [-0.15, -0.1) is 0 Å². The molecule has 0 amide bonds. The van der Waals surface area contributed by atoms with Gasteiger partial charge in [0.25, 0.3) is 0 Å². The molecule has 0 spiro atoms. The van der Waals surface area contributed by atoms with Gasteiger partial charge in [-0.2, -0.15) is 0 Å². The summed E-state index contributed by atoms with van der Waals surface area (Å²) in [6, 6.07) is 1.21. The molecule has 1 aliphatic rings. The van der Waals surface area contributed by atoms with Gasteiger partial charge in [-0.1, -0.05) is 12.1 Å². The van der Waals surface area contributed by atoms with E-state index in [1.807, 2.05) is 0 Å². The van der Waals surface area contributed by atoms with E-state index < -0.39 is 0 Å². The Kier molecular flexibility index (Phi) is 5.75. The highest BCUT2D eigenvalue weighted by Crippen LogP contribution is 2.28. The molecule has 0 aliphatic heterocycles. The summed E-state index contributed by atoms with van der Waals surface area (Å²) >= 11 is 0. The Bertz CT molecular complexity index is 245. The molecule has 4 nitrogen and oxygen atoms in total. The number of nitrogens with zero attached hydrogens (tertiary/aromatic N) is 2. The quantitative estimate of drug-likeness (QED) is 0.336. The predicted octanol–water partition coefficient (Wildman–Crippen LogP) is 2.41. The molecule has 17 heavy (non-hydrogen) atoms. The molecule has 4 heteroatoms. The number of amidine groups is 1. The maximum absolute atomic E-state index is 8.58. The summed E-state index contributed by atoms with van der Waals surface area (Å²) in [5, 5.41) is 11.6. The van der Waals surface area contributed by atoms with Crippen LogP contribution in [0, 0.1) is 5.92 Å². The van der Waals surface area contributed by atoms with Crippen molar-refractivity contribution < 1.29 is 5.21 Å². The van der Waals surface area contributed by atoms with E-state index in [4.69, 9.17) is 10.9 Å². The normalized spacial score (nSPS) is 26.8. The molecule has 0 saturated heterocycles. The lowest BCUT2D eigenvalue weighted by molar-refractivity contribution is 0.111. The van der Waals surface area contributed by atoms with Gasteiger partial charge in [0.2, 0.25) is 0 Å². The maximum atomic E-state index is 8.58. The molecule has 1 rings (SSSR count). The molecule has 1 saturated carbocycles. The molecule has 0 unspecified atom stereocenters. The van der Waals surface area contributed by atoms with E-state index in [2.05, 4.69) is 30.8 Å². The van der Waals surface area contributed by atoms with Gasteiger partial charge in [0.05, 0.1) is 0 Å². The minimum atomic E-state index is 0.333. The molecule has 0 aromatic rings. The zero-order chi connectivity index (χ0) is 12.8. The van der Waals surface area contributed by atoms with E-state index in [0.29, 0.717) is 24.3 Å². The Hall–Kier alpha value is -0.770. The molecule has 3 N–H and O–H groups in total. The first kappa shape index (κ1) is 14.3. The summed E-state index contributed by atoms with van der Waals surface area (Å²) in [7, 11) is 0. The second-order valence-electron chi connectivity index (χ2n) is 5.59. The lowest BCUT2D eigenvalue weighted by Crippen LogP contribution is -2.43. The Labute approximate surface area is 105 Å². The maximum Gasteiger partial charge on any atom is 0.140 e. The summed E-state index contributed by atoms with van der Waals surface area (Å²) in [5.74, 6) is 1.21. The van der Waals surface area contributed by atoms with Crippen LogP contribution in [0.4, 0.5) is 0 Å². The highest BCUT2D eigenvalue weighted by molar-refractivity contribution is 5.79. The summed E-state index contributed by atoms with van der Waals surface area (Å²) in [4.78, 5) is 2.50. The second-order valence-corrected chi connectivity index (χ2v) is 5.59. The van der Waals surface area contributed by atoms with Gasteiger partial charge in [0.15, 0.2) is 0 Å². The number of hydrogen-bond acceptors (Lipinski definition) is 3. The third-order valence-electron chi connectivity index (χ3n) is 3.87. The minimum Gasteiger partial charge on any atom is -0.409 e. The fraction of sp³-hybridized carbons (Fsp3) is 0.923. The standard InChI is InChI=1S/C13H27N3O/c1-10(2)16(9-8-13(14)15-17)12-6-4-11(3)5-7-12/h10-12,17H,4-9H2,1-3H3,(H2,14,15). The first-order valence-electron chi connectivity index (χ1n) is 6.76. The molecule has 0 bridgehead atoms. The van der Waals surface area contributed by atoms with Crippen LogP contribution in [0.1, 0.15) is 52.9 Å². The van der Waals surface area contributed by atoms with Gasteiger partial charge < -0.3 is 10.9 Å². The summed E-state index contributed by atoms with van der Waals surface area (Å²) in [6.07, 6.45) is 5.89. The average Bonchev–Trinajstić information content (AvgIpc) is 2.31. The van der Waals surface area contributed by atoms with E-state index in [1.165, 1.54) is 25.7 Å². The lowest BCUT2D eigenvalue weighted by Gasteiger charge is -2.38. The Balaban J connectivity index is 2.48. The van der Waals surface area contributed by atoms with Crippen molar-refractivity contribution in [3.63, 3.8) is 0 Å². The first-order chi connectivity index (χ1) is 8.04. The molecule has 0 atom stereocenters. The molecule has 100 valence electrons. The van der Waals surface area contributed by atoms with Crippen molar-refractivity contribution in [3.05, 3.63) is 0 Å². The van der Waals surface area contributed by atoms with E-state index in [9.17, 15) is 0 Å². The number of rotatable bonds is 5. The number of nitrogens with two attached hydrogens (primary N) is 1. The van der Waals surface area contributed by atoms with Crippen LogP contribution >= 0.6 is 0 Å². The van der Waals surface area contributed by atoms with Crippen LogP contribution in [-0.2, 0) is 0 Å². The van der Waals surface area contributed by atoms with Crippen LogP contribution < -0.4 is 5.73 Å². The number of hydrogen-bond donors (Lipinski definition) is 2. The van der Waals surface area contributed by atoms with Crippen molar-refractivity contribution >= 4 is 5.84 Å². The molecule has 0 heterocycles. The second kappa shape index (κ2) is 6.84. The molecular formula is C13H27N3O. The van der Waals surface area contributed by atoms with Gasteiger partial charge in [-0.3, -0.25) is 4.90 Å². The monoisotopic (exact) mass is 241 g/mol. The van der Waals surface area contributed by atoms with Crippen molar-refractivity contribution in [3.8, 4) is 0 Å². The van der Waals surface area contributed by atoms with Crippen LogP contribution in [0.15, 0.2) is 5.16 Å². The van der Waals surface area contributed by atoms with Gasteiger partial charge in [0, 0.05) is 25.0 Å². The van der Waals surface area contributed by atoms with Gasteiger partial charge in [0.1, 0.15) is 5.84 Å². The highest BCUT2D eigenvalue weighted by atomic mass is 16.4. The predicted molar refractivity (Wildman–Crippen MR) is 71.3 cm³/mol. The van der Waals surface area contributed by atoms with Crippen molar-refractivity contribution in [2.45, 2.75) is 65.0 Å². The Morgan fingerprint density at radius 3 is 2.41 bits per heavy atom. The zero-order valence-corrected chi connectivity index (χ0v) is 11.4. The van der Waals surface area contributed by atoms with Crippen molar-refractivity contribution in [1.29, 1.82) is 0 Å². The SMILES string of the molecule is CC1CCC(N(CCC(N)=NO)C(C)C)CC1. The van der Waals surface area contributed by atoms with Gasteiger partial charge >= 0.3 is 0 Å². The molecular weight excluding hydrogens is 214 g/mol. The van der Waals surface area contributed by atoms with Crippen LogP contribution in [0.25, 0.3) is 0 Å². The fourth-order valence-electron chi connectivity index (χ4n) is 2.73. The third-order valence-corrected chi connectivity index (χ3v) is 3.87. The summed E-state index contributed by atoms with van der Waals surface area (Å²) in [5.41, 5.74) is 5.55. The Morgan fingerprint density at radius 1 is 1.35 bits per heavy atom. The number of oxime groups is 1. The molecule has 0 aromatic heterocycles. The average molecular weight is 241 g/mol. The lowest BCUT2D eigenvalue weighted by atomic mass is 9.86. The van der Waals surface area contributed by atoms with Crippen molar-refractivity contribution in [1.82, 2.24) is 4.90 Å². The highest BCUT2D eigenvalue weighted by Gasteiger charge is 2.25. The molecule has 0 aromatic carbocycles. The van der Waals surface area contributed by atoms with Gasteiger partial charge in [-0.25, -0.2) is 0 Å². The van der Waals surface area contributed by atoms with Crippen LogP contribution in [0.2, 0.25) is 0 Å². The van der Waals surface area contributed by atoms with E-state index in [1.54, 1.807) is 0 Å². The zero-order valence-electron chi connectivity index (χ0n) is 11.4. The van der Waals surface area contributed by atoms with E-state index in [0.717, 1.165) is 12.5 Å². The van der Waals surface area contributed by atoms with Crippen molar-refractivity contribution in [2.24, 2.45) is 16.8 Å². The Morgan fingerprint density at radius 2 is 1.94 bits per heavy atom.